The minimum Gasteiger partial charge on any atom is -0.493 e. The number of hydrogen-bond donors (Lipinski definition) is 1. The number of methoxy groups -OCH3 is 2. The third-order valence-electron chi connectivity index (χ3n) is 3.14. The fraction of sp³-hybridized carbons (Fsp3) is 0.200. The summed E-state index contributed by atoms with van der Waals surface area (Å²) in [6.07, 6.45) is 0. The van der Waals surface area contributed by atoms with Gasteiger partial charge in [0.2, 0.25) is 0 Å². The largest absolute Gasteiger partial charge is 0.493 e. The molecule has 0 aromatic heterocycles. The van der Waals surface area contributed by atoms with Crippen LogP contribution < -0.4 is 15.2 Å². The molecule has 112 valence electrons. The summed E-state index contributed by atoms with van der Waals surface area (Å²) in [5, 5.41) is 0. The van der Waals surface area contributed by atoms with Gasteiger partial charge in [0, 0.05) is 11.6 Å². The molecule has 0 aliphatic rings. The number of benzene rings is 2. The second-order valence-corrected chi connectivity index (χ2v) is 4.38. The Balaban J connectivity index is 2.45. The van der Waals surface area contributed by atoms with Crippen molar-refractivity contribution in [3.63, 3.8) is 0 Å². The maximum absolute atomic E-state index is 13.8. The van der Waals surface area contributed by atoms with E-state index in [9.17, 15) is 13.2 Å². The zero-order valence-corrected chi connectivity index (χ0v) is 11.5. The molecule has 0 aliphatic carbocycles. The van der Waals surface area contributed by atoms with E-state index in [-0.39, 0.29) is 5.56 Å². The van der Waals surface area contributed by atoms with Crippen molar-refractivity contribution in [2.24, 2.45) is 5.73 Å². The molecule has 0 aliphatic heterocycles. The first-order valence-electron chi connectivity index (χ1n) is 6.10. The number of rotatable bonds is 4. The van der Waals surface area contributed by atoms with Gasteiger partial charge in [-0.15, -0.1) is 0 Å². The van der Waals surface area contributed by atoms with Crippen LogP contribution in [0.4, 0.5) is 13.2 Å². The molecule has 21 heavy (non-hydrogen) atoms. The van der Waals surface area contributed by atoms with Crippen molar-refractivity contribution in [1.82, 2.24) is 0 Å². The highest BCUT2D eigenvalue weighted by Crippen LogP contribution is 2.32. The summed E-state index contributed by atoms with van der Waals surface area (Å²) in [5.74, 6) is -2.41. The van der Waals surface area contributed by atoms with Crippen molar-refractivity contribution < 1.29 is 22.6 Å². The quantitative estimate of drug-likeness (QED) is 0.882. The van der Waals surface area contributed by atoms with Gasteiger partial charge < -0.3 is 15.2 Å². The summed E-state index contributed by atoms with van der Waals surface area (Å²) < 4.78 is 50.2. The summed E-state index contributed by atoms with van der Waals surface area (Å²) >= 11 is 0. The third kappa shape index (κ3) is 2.95. The van der Waals surface area contributed by atoms with Gasteiger partial charge in [-0.2, -0.15) is 0 Å². The van der Waals surface area contributed by atoms with Gasteiger partial charge in [-0.3, -0.25) is 0 Å². The molecule has 2 aromatic carbocycles. The molecular formula is C15H14F3NO2. The van der Waals surface area contributed by atoms with E-state index < -0.39 is 23.5 Å². The van der Waals surface area contributed by atoms with E-state index in [4.69, 9.17) is 15.2 Å². The fourth-order valence-corrected chi connectivity index (χ4v) is 2.00. The van der Waals surface area contributed by atoms with Crippen molar-refractivity contribution in [1.29, 1.82) is 0 Å². The van der Waals surface area contributed by atoms with Crippen molar-refractivity contribution >= 4 is 0 Å². The van der Waals surface area contributed by atoms with Gasteiger partial charge in [-0.1, -0.05) is 6.07 Å². The first kappa shape index (κ1) is 15.2. The fourth-order valence-electron chi connectivity index (χ4n) is 2.00. The lowest BCUT2D eigenvalue weighted by Gasteiger charge is -2.16. The predicted molar refractivity (Wildman–Crippen MR) is 71.9 cm³/mol. The minimum absolute atomic E-state index is 0.138. The molecule has 2 aromatic rings. The molecule has 1 unspecified atom stereocenters. The van der Waals surface area contributed by atoms with Crippen molar-refractivity contribution in [3.8, 4) is 11.5 Å². The predicted octanol–water partition coefficient (Wildman–Crippen LogP) is 3.17. The lowest BCUT2D eigenvalue weighted by Crippen LogP contribution is -2.14. The van der Waals surface area contributed by atoms with Gasteiger partial charge >= 0.3 is 0 Å². The summed E-state index contributed by atoms with van der Waals surface area (Å²) in [6, 6.07) is 5.04. The molecule has 3 nitrogen and oxygen atoms in total. The highest BCUT2D eigenvalue weighted by molar-refractivity contribution is 5.46. The zero-order chi connectivity index (χ0) is 15.6. The smallest absolute Gasteiger partial charge is 0.161 e. The molecule has 0 spiro atoms. The number of hydrogen-bond acceptors (Lipinski definition) is 3. The highest BCUT2D eigenvalue weighted by Gasteiger charge is 2.18. The van der Waals surface area contributed by atoms with Crippen LogP contribution in [0.3, 0.4) is 0 Å². The van der Waals surface area contributed by atoms with Crippen LogP contribution >= 0.6 is 0 Å². The van der Waals surface area contributed by atoms with Gasteiger partial charge in [0.15, 0.2) is 23.1 Å². The average Bonchev–Trinajstić information content (AvgIpc) is 2.49. The number of nitrogens with two attached hydrogens (primary N) is 1. The molecule has 6 heteroatoms. The Morgan fingerprint density at radius 1 is 0.857 bits per heavy atom. The Hall–Kier alpha value is -2.21. The van der Waals surface area contributed by atoms with Gasteiger partial charge in [-0.25, -0.2) is 13.2 Å². The van der Waals surface area contributed by atoms with Crippen LogP contribution in [-0.2, 0) is 0 Å². The molecule has 2 N–H and O–H groups in total. The lowest BCUT2D eigenvalue weighted by atomic mass is 9.98. The third-order valence-corrected chi connectivity index (χ3v) is 3.14. The molecule has 0 bridgehead atoms. The van der Waals surface area contributed by atoms with Crippen LogP contribution in [0.5, 0.6) is 11.5 Å². The highest BCUT2D eigenvalue weighted by atomic mass is 19.2. The first-order valence-corrected chi connectivity index (χ1v) is 6.10. The maximum atomic E-state index is 13.8. The lowest BCUT2D eigenvalue weighted by molar-refractivity contribution is 0.354. The van der Waals surface area contributed by atoms with E-state index in [1.807, 2.05) is 0 Å². The summed E-state index contributed by atoms with van der Waals surface area (Å²) in [5.41, 5.74) is 6.27. The van der Waals surface area contributed by atoms with E-state index in [2.05, 4.69) is 0 Å². The first-order chi connectivity index (χ1) is 9.97. The monoisotopic (exact) mass is 297 g/mol. The van der Waals surface area contributed by atoms with E-state index in [1.165, 1.54) is 14.2 Å². The maximum Gasteiger partial charge on any atom is 0.161 e. The molecular weight excluding hydrogens is 283 g/mol. The van der Waals surface area contributed by atoms with E-state index in [0.29, 0.717) is 23.1 Å². The van der Waals surface area contributed by atoms with E-state index in [1.54, 1.807) is 18.2 Å². The van der Waals surface area contributed by atoms with Crippen molar-refractivity contribution in [2.45, 2.75) is 6.04 Å². The van der Waals surface area contributed by atoms with E-state index in [0.717, 1.165) is 6.07 Å². The standard InChI is InChI=1S/C15H14F3NO2/c1-20-13-4-3-8(5-14(13)21-2)15(19)9-6-11(17)12(18)7-10(9)16/h3-7,15H,19H2,1-2H3. The van der Waals surface area contributed by atoms with Crippen LogP contribution in [0.1, 0.15) is 17.2 Å². The molecule has 0 saturated heterocycles. The minimum atomic E-state index is -1.25. The Kier molecular flexibility index (Phi) is 4.37. The number of halogens is 3. The summed E-state index contributed by atoms with van der Waals surface area (Å²) in [4.78, 5) is 0. The Morgan fingerprint density at radius 3 is 2.10 bits per heavy atom. The molecule has 2 rings (SSSR count). The number of ether oxygens (including phenoxy) is 2. The summed E-state index contributed by atoms with van der Waals surface area (Å²) in [6.45, 7) is 0. The summed E-state index contributed by atoms with van der Waals surface area (Å²) in [7, 11) is 2.93. The Bertz CT molecular complexity index is 662. The van der Waals surface area contributed by atoms with Crippen LogP contribution in [0, 0.1) is 17.5 Å². The SMILES string of the molecule is COc1ccc(C(N)c2cc(F)c(F)cc2F)cc1OC. The molecule has 0 amide bonds. The van der Waals surface area contributed by atoms with Crippen LogP contribution in [-0.4, -0.2) is 14.2 Å². The molecule has 0 heterocycles. The van der Waals surface area contributed by atoms with Crippen molar-refractivity contribution in [3.05, 3.63) is 58.9 Å². The Labute approximate surface area is 120 Å². The second-order valence-electron chi connectivity index (χ2n) is 4.38. The van der Waals surface area contributed by atoms with Gasteiger partial charge in [-0.05, 0) is 23.8 Å². The van der Waals surface area contributed by atoms with Crippen LogP contribution in [0.15, 0.2) is 30.3 Å². The van der Waals surface area contributed by atoms with Gasteiger partial charge in [0.05, 0.1) is 20.3 Å². The van der Waals surface area contributed by atoms with Gasteiger partial charge in [0.25, 0.3) is 0 Å². The molecule has 0 radical (unpaired) electrons. The van der Waals surface area contributed by atoms with Gasteiger partial charge in [0.1, 0.15) is 5.82 Å². The Morgan fingerprint density at radius 2 is 1.48 bits per heavy atom. The van der Waals surface area contributed by atoms with Crippen molar-refractivity contribution in [2.75, 3.05) is 14.2 Å². The molecule has 0 fully saturated rings. The molecule has 1 atom stereocenters. The second kappa shape index (κ2) is 6.05. The van der Waals surface area contributed by atoms with E-state index >= 15 is 0 Å². The molecule has 0 saturated carbocycles. The van der Waals surface area contributed by atoms with Crippen LogP contribution in [0.2, 0.25) is 0 Å². The average molecular weight is 297 g/mol. The zero-order valence-electron chi connectivity index (χ0n) is 11.5. The topological polar surface area (TPSA) is 44.5 Å². The normalized spacial score (nSPS) is 12.1. The van der Waals surface area contributed by atoms with Crippen LogP contribution in [0.25, 0.3) is 0 Å².